The van der Waals surface area contributed by atoms with Gasteiger partial charge in [0.05, 0.1) is 10.5 Å². The molecule has 0 fully saturated rings. The molecular weight excluding hydrogens is 329 g/mol. The Morgan fingerprint density at radius 1 is 1.35 bits per heavy atom. The summed E-state index contributed by atoms with van der Waals surface area (Å²) in [5.74, 6) is -0.366. The Kier molecular flexibility index (Phi) is 4.34. The lowest BCUT2D eigenvalue weighted by Gasteiger charge is -2.09. The van der Waals surface area contributed by atoms with Crippen molar-refractivity contribution in [1.82, 2.24) is 0 Å². The largest absolute Gasteiger partial charge is 0.486 e. The number of hydrogen-bond donors (Lipinski definition) is 0. The molecule has 20 heavy (non-hydrogen) atoms. The van der Waals surface area contributed by atoms with Crippen molar-refractivity contribution in [3.8, 4) is 5.75 Å². The molecule has 0 radical (unpaired) electrons. The number of hydrogen-bond acceptors (Lipinski definition) is 3. The smallest absolute Gasteiger partial charge is 0.277 e. The lowest BCUT2D eigenvalue weighted by atomic mass is 10.2. The van der Waals surface area contributed by atoms with E-state index in [0.29, 0.717) is 15.6 Å². The van der Waals surface area contributed by atoms with Crippen LogP contribution in [-0.2, 0) is 6.61 Å². The Morgan fingerprint density at radius 3 is 2.80 bits per heavy atom. The van der Waals surface area contributed by atoms with E-state index in [-0.39, 0.29) is 18.0 Å². The predicted molar refractivity (Wildman–Crippen MR) is 76.3 cm³/mol. The minimum absolute atomic E-state index is 0.0626. The van der Waals surface area contributed by atoms with Gasteiger partial charge in [-0.25, -0.2) is 4.39 Å². The van der Waals surface area contributed by atoms with Crippen molar-refractivity contribution < 1.29 is 14.1 Å². The summed E-state index contributed by atoms with van der Waals surface area (Å²) in [6.07, 6.45) is 0. The molecule has 6 heteroatoms. The summed E-state index contributed by atoms with van der Waals surface area (Å²) >= 11 is 3.18. The number of rotatable bonds is 4. The summed E-state index contributed by atoms with van der Waals surface area (Å²) in [5.41, 5.74) is 0.791. The minimum Gasteiger partial charge on any atom is -0.486 e. The van der Waals surface area contributed by atoms with E-state index < -0.39 is 10.7 Å². The molecule has 104 valence electrons. The third kappa shape index (κ3) is 3.14. The third-order valence-corrected chi connectivity index (χ3v) is 3.28. The van der Waals surface area contributed by atoms with Gasteiger partial charge in [-0.3, -0.25) is 10.1 Å². The normalized spacial score (nSPS) is 10.3. The van der Waals surface area contributed by atoms with Gasteiger partial charge in [-0.05, 0) is 30.7 Å². The van der Waals surface area contributed by atoms with Crippen molar-refractivity contribution in [3.05, 3.63) is 67.9 Å². The molecule has 0 bridgehead atoms. The molecule has 0 aliphatic heterocycles. The highest BCUT2D eigenvalue weighted by Gasteiger charge is 2.15. The minimum atomic E-state index is -0.490. The average molecular weight is 340 g/mol. The van der Waals surface area contributed by atoms with Gasteiger partial charge in [0, 0.05) is 10.5 Å². The molecule has 0 unspecified atom stereocenters. The number of aryl methyl sites for hydroxylation is 1. The molecular formula is C14H11BrFNO3. The molecule has 0 atom stereocenters. The quantitative estimate of drug-likeness (QED) is 0.613. The molecule has 0 spiro atoms. The van der Waals surface area contributed by atoms with Gasteiger partial charge in [0.2, 0.25) is 0 Å². The SMILES string of the molecule is Cc1cccc(OCc2ccc(Br)cc2[N+](=O)[O-])c1F. The van der Waals surface area contributed by atoms with Gasteiger partial charge in [-0.1, -0.05) is 28.1 Å². The van der Waals surface area contributed by atoms with Crippen LogP contribution < -0.4 is 4.74 Å². The second kappa shape index (κ2) is 6.00. The van der Waals surface area contributed by atoms with E-state index in [1.54, 1.807) is 31.2 Å². The van der Waals surface area contributed by atoms with Crippen molar-refractivity contribution in [3.63, 3.8) is 0 Å². The number of benzene rings is 2. The average Bonchev–Trinajstić information content (AvgIpc) is 2.41. The van der Waals surface area contributed by atoms with Gasteiger partial charge in [-0.2, -0.15) is 0 Å². The van der Waals surface area contributed by atoms with Crippen LogP contribution in [0.15, 0.2) is 40.9 Å². The first-order valence-electron chi connectivity index (χ1n) is 5.80. The zero-order chi connectivity index (χ0) is 14.7. The van der Waals surface area contributed by atoms with Crippen LogP contribution in [-0.4, -0.2) is 4.92 Å². The molecule has 0 amide bonds. The molecule has 0 saturated heterocycles. The Balaban J connectivity index is 2.23. The van der Waals surface area contributed by atoms with E-state index in [2.05, 4.69) is 15.9 Å². The van der Waals surface area contributed by atoms with E-state index in [1.807, 2.05) is 0 Å². The zero-order valence-electron chi connectivity index (χ0n) is 10.6. The van der Waals surface area contributed by atoms with Crippen molar-refractivity contribution in [1.29, 1.82) is 0 Å². The molecule has 0 aromatic heterocycles. The first-order valence-corrected chi connectivity index (χ1v) is 6.59. The highest BCUT2D eigenvalue weighted by Crippen LogP contribution is 2.26. The van der Waals surface area contributed by atoms with Crippen LogP contribution in [0.1, 0.15) is 11.1 Å². The topological polar surface area (TPSA) is 52.4 Å². The molecule has 2 aromatic rings. The summed E-state index contributed by atoms with van der Waals surface area (Å²) in [5, 5.41) is 11.0. The molecule has 0 heterocycles. The van der Waals surface area contributed by atoms with E-state index in [1.165, 1.54) is 12.1 Å². The van der Waals surface area contributed by atoms with Crippen molar-refractivity contribution >= 4 is 21.6 Å². The van der Waals surface area contributed by atoms with Crippen LogP contribution in [0.4, 0.5) is 10.1 Å². The maximum absolute atomic E-state index is 13.8. The van der Waals surface area contributed by atoms with Gasteiger partial charge < -0.3 is 4.74 Å². The van der Waals surface area contributed by atoms with Gasteiger partial charge in [-0.15, -0.1) is 0 Å². The second-order valence-electron chi connectivity index (χ2n) is 4.21. The number of halogens is 2. The summed E-state index contributed by atoms with van der Waals surface area (Å²) in [6, 6.07) is 9.44. The van der Waals surface area contributed by atoms with Crippen LogP contribution in [0.5, 0.6) is 5.75 Å². The number of nitro groups is 1. The molecule has 2 rings (SSSR count). The Morgan fingerprint density at radius 2 is 2.10 bits per heavy atom. The Hall–Kier alpha value is -1.95. The van der Waals surface area contributed by atoms with Gasteiger partial charge in [0.25, 0.3) is 5.69 Å². The molecule has 0 saturated carbocycles. The first-order chi connectivity index (χ1) is 9.49. The number of nitro benzene ring substituents is 1. The summed E-state index contributed by atoms with van der Waals surface area (Å²) < 4.78 is 19.7. The van der Waals surface area contributed by atoms with Gasteiger partial charge in [0.15, 0.2) is 11.6 Å². The summed E-state index contributed by atoms with van der Waals surface area (Å²) in [6.45, 7) is 1.56. The fourth-order valence-electron chi connectivity index (χ4n) is 1.72. The molecule has 4 nitrogen and oxygen atoms in total. The van der Waals surface area contributed by atoms with Crippen LogP contribution in [0.3, 0.4) is 0 Å². The molecule has 2 aromatic carbocycles. The van der Waals surface area contributed by atoms with E-state index in [4.69, 9.17) is 4.74 Å². The number of ether oxygens (including phenoxy) is 1. The maximum Gasteiger partial charge on any atom is 0.277 e. The van der Waals surface area contributed by atoms with Crippen LogP contribution in [0, 0.1) is 22.9 Å². The standard InChI is InChI=1S/C14H11BrFNO3/c1-9-3-2-4-13(14(9)16)20-8-10-5-6-11(15)7-12(10)17(18)19/h2-7H,8H2,1H3. The van der Waals surface area contributed by atoms with Crippen molar-refractivity contribution in [2.75, 3.05) is 0 Å². The van der Waals surface area contributed by atoms with E-state index in [0.717, 1.165) is 0 Å². The highest BCUT2D eigenvalue weighted by atomic mass is 79.9. The third-order valence-electron chi connectivity index (χ3n) is 2.78. The Labute approximate surface area is 123 Å². The lowest BCUT2D eigenvalue weighted by molar-refractivity contribution is -0.385. The zero-order valence-corrected chi connectivity index (χ0v) is 12.2. The van der Waals surface area contributed by atoms with Gasteiger partial charge in [0.1, 0.15) is 6.61 Å². The first kappa shape index (κ1) is 14.5. The van der Waals surface area contributed by atoms with E-state index >= 15 is 0 Å². The van der Waals surface area contributed by atoms with Crippen LogP contribution in [0.25, 0.3) is 0 Å². The fourth-order valence-corrected chi connectivity index (χ4v) is 2.07. The van der Waals surface area contributed by atoms with Crippen molar-refractivity contribution in [2.45, 2.75) is 13.5 Å². The van der Waals surface area contributed by atoms with Crippen LogP contribution >= 0.6 is 15.9 Å². The Bertz CT molecular complexity index is 661. The monoisotopic (exact) mass is 339 g/mol. The maximum atomic E-state index is 13.8. The van der Waals surface area contributed by atoms with Crippen LogP contribution in [0.2, 0.25) is 0 Å². The summed E-state index contributed by atoms with van der Waals surface area (Å²) in [4.78, 5) is 10.5. The van der Waals surface area contributed by atoms with Crippen molar-refractivity contribution in [2.24, 2.45) is 0 Å². The predicted octanol–water partition coefficient (Wildman–Crippen LogP) is 4.38. The molecule has 0 aliphatic carbocycles. The second-order valence-corrected chi connectivity index (χ2v) is 5.12. The molecule has 0 aliphatic rings. The fraction of sp³-hybridized carbons (Fsp3) is 0.143. The lowest BCUT2D eigenvalue weighted by Crippen LogP contribution is -2.02. The highest BCUT2D eigenvalue weighted by molar-refractivity contribution is 9.10. The number of nitrogens with zero attached hydrogens (tertiary/aromatic N) is 1. The van der Waals surface area contributed by atoms with E-state index in [9.17, 15) is 14.5 Å². The summed E-state index contributed by atoms with van der Waals surface area (Å²) in [7, 11) is 0. The molecule has 0 N–H and O–H groups in total. The van der Waals surface area contributed by atoms with Gasteiger partial charge >= 0.3 is 0 Å².